The van der Waals surface area contributed by atoms with Gasteiger partial charge < -0.3 is 9.47 Å². The highest BCUT2D eigenvalue weighted by molar-refractivity contribution is 7.12. The SMILES string of the molecule is COc1cccc(/C=C/C(=O)c2cc(C)sc2C)c1OC. The molecule has 0 aliphatic rings. The fraction of sp³-hybridized carbons (Fsp3) is 0.235. The molecular formula is C17H18O3S. The van der Waals surface area contributed by atoms with Gasteiger partial charge in [-0.05, 0) is 38.1 Å². The molecule has 1 heterocycles. The van der Waals surface area contributed by atoms with Gasteiger partial charge in [-0.25, -0.2) is 0 Å². The molecule has 1 aromatic carbocycles. The number of hydrogen-bond donors (Lipinski definition) is 0. The molecule has 0 radical (unpaired) electrons. The van der Waals surface area contributed by atoms with Crippen LogP contribution in [0.1, 0.15) is 25.7 Å². The molecule has 0 spiro atoms. The number of thiophene rings is 1. The van der Waals surface area contributed by atoms with Crippen LogP contribution in [0.15, 0.2) is 30.3 Å². The summed E-state index contributed by atoms with van der Waals surface area (Å²) in [5.41, 5.74) is 1.57. The Morgan fingerprint density at radius 1 is 1.19 bits per heavy atom. The van der Waals surface area contributed by atoms with Crippen LogP contribution in [-0.4, -0.2) is 20.0 Å². The summed E-state index contributed by atoms with van der Waals surface area (Å²) in [5.74, 6) is 1.28. The van der Waals surface area contributed by atoms with E-state index in [0.717, 1.165) is 20.9 Å². The van der Waals surface area contributed by atoms with Crippen LogP contribution in [0.25, 0.3) is 6.08 Å². The monoisotopic (exact) mass is 302 g/mol. The van der Waals surface area contributed by atoms with E-state index in [4.69, 9.17) is 9.47 Å². The molecule has 0 fully saturated rings. The summed E-state index contributed by atoms with van der Waals surface area (Å²) >= 11 is 1.63. The van der Waals surface area contributed by atoms with Gasteiger partial charge in [-0.3, -0.25) is 4.79 Å². The number of ketones is 1. The average Bonchev–Trinajstić information content (AvgIpc) is 2.82. The summed E-state index contributed by atoms with van der Waals surface area (Å²) in [7, 11) is 3.18. The Morgan fingerprint density at radius 2 is 1.95 bits per heavy atom. The number of hydrogen-bond acceptors (Lipinski definition) is 4. The van der Waals surface area contributed by atoms with Gasteiger partial charge in [0.2, 0.25) is 0 Å². The highest BCUT2D eigenvalue weighted by Crippen LogP contribution is 2.31. The third-order valence-corrected chi connectivity index (χ3v) is 4.12. The van der Waals surface area contributed by atoms with Crippen molar-refractivity contribution in [3.8, 4) is 11.5 Å². The zero-order valence-corrected chi connectivity index (χ0v) is 13.4. The maximum atomic E-state index is 12.3. The van der Waals surface area contributed by atoms with E-state index in [9.17, 15) is 4.79 Å². The van der Waals surface area contributed by atoms with Crippen molar-refractivity contribution in [2.45, 2.75) is 13.8 Å². The number of para-hydroxylation sites is 1. The second kappa shape index (κ2) is 6.59. The molecule has 1 aromatic heterocycles. The van der Waals surface area contributed by atoms with Gasteiger partial charge >= 0.3 is 0 Å². The van der Waals surface area contributed by atoms with Crippen molar-refractivity contribution < 1.29 is 14.3 Å². The van der Waals surface area contributed by atoms with Gasteiger partial charge in [0.15, 0.2) is 17.3 Å². The van der Waals surface area contributed by atoms with Crippen molar-refractivity contribution in [1.29, 1.82) is 0 Å². The lowest BCUT2D eigenvalue weighted by molar-refractivity contribution is 0.104. The maximum Gasteiger partial charge on any atom is 0.186 e. The van der Waals surface area contributed by atoms with Gasteiger partial charge in [0.1, 0.15) is 0 Å². The molecule has 0 saturated heterocycles. The lowest BCUT2D eigenvalue weighted by atomic mass is 10.1. The van der Waals surface area contributed by atoms with Crippen LogP contribution in [0.5, 0.6) is 11.5 Å². The van der Waals surface area contributed by atoms with Crippen molar-refractivity contribution in [2.24, 2.45) is 0 Å². The lowest BCUT2D eigenvalue weighted by Gasteiger charge is -2.09. The smallest absolute Gasteiger partial charge is 0.186 e. The summed E-state index contributed by atoms with van der Waals surface area (Å²) in [6.45, 7) is 3.97. The molecule has 110 valence electrons. The van der Waals surface area contributed by atoms with Crippen LogP contribution in [-0.2, 0) is 0 Å². The largest absolute Gasteiger partial charge is 0.493 e. The van der Waals surface area contributed by atoms with Crippen LogP contribution in [0.2, 0.25) is 0 Å². The number of carbonyl (C=O) groups excluding carboxylic acids is 1. The molecular weight excluding hydrogens is 284 g/mol. The Bertz CT molecular complexity index is 683. The second-order valence-electron chi connectivity index (χ2n) is 4.61. The van der Waals surface area contributed by atoms with Crippen molar-refractivity contribution >= 4 is 23.2 Å². The van der Waals surface area contributed by atoms with E-state index in [1.165, 1.54) is 0 Å². The summed E-state index contributed by atoms with van der Waals surface area (Å²) < 4.78 is 10.6. The van der Waals surface area contributed by atoms with Crippen LogP contribution >= 0.6 is 11.3 Å². The average molecular weight is 302 g/mol. The molecule has 4 heteroatoms. The summed E-state index contributed by atoms with van der Waals surface area (Å²) in [6, 6.07) is 7.50. The number of carbonyl (C=O) groups is 1. The Morgan fingerprint density at radius 3 is 2.52 bits per heavy atom. The van der Waals surface area contributed by atoms with Crippen molar-refractivity contribution in [3.05, 3.63) is 51.2 Å². The predicted molar refractivity (Wildman–Crippen MR) is 86.7 cm³/mol. The molecule has 2 rings (SSSR count). The fourth-order valence-electron chi connectivity index (χ4n) is 2.17. The first-order chi connectivity index (χ1) is 10.1. The Hall–Kier alpha value is -2.07. The fourth-order valence-corrected chi connectivity index (χ4v) is 3.10. The van der Waals surface area contributed by atoms with Gasteiger partial charge in [0, 0.05) is 20.9 Å². The van der Waals surface area contributed by atoms with Crippen LogP contribution in [0.4, 0.5) is 0 Å². The number of aryl methyl sites for hydroxylation is 2. The van der Waals surface area contributed by atoms with E-state index in [0.29, 0.717) is 11.5 Å². The first-order valence-corrected chi connectivity index (χ1v) is 7.39. The normalized spacial score (nSPS) is 10.9. The molecule has 0 atom stereocenters. The quantitative estimate of drug-likeness (QED) is 0.611. The minimum atomic E-state index is 0.00160. The van der Waals surface area contributed by atoms with Gasteiger partial charge in [-0.15, -0.1) is 11.3 Å². The van der Waals surface area contributed by atoms with Crippen LogP contribution in [0.3, 0.4) is 0 Å². The molecule has 3 nitrogen and oxygen atoms in total. The molecule has 0 aliphatic carbocycles. The molecule has 0 saturated carbocycles. The van der Waals surface area contributed by atoms with Gasteiger partial charge in [0.25, 0.3) is 0 Å². The molecule has 0 unspecified atom stereocenters. The predicted octanol–water partition coefficient (Wildman–Crippen LogP) is 4.28. The summed E-state index contributed by atoms with van der Waals surface area (Å²) in [6.07, 6.45) is 3.34. The number of rotatable bonds is 5. The zero-order chi connectivity index (χ0) is 15.4. The number of benzene rings is 1. The van der Waals surface area contributed by atoms with E-state index >= 15 is 0 Å². The van der Waals surface area contributed by atoms with Gasteiger partial charge in [-0.2, -0.15) is 0 Å². The second-order valence-corrected chi connectivity index (χ2v) is 6.07. The van der Waals surface area contributed by atoms with Crippen molar-refractivity contribution in [3.63, 3.8) is 0 Å². The Labute approximate surface area is 128 Å². The molecule has 0 N–H and O–H groups in total. The van der Waals surface area contributed by atoms with Crippen molar-refractivity contribution in [2.75, 3.05) is 14.2 Å². The summed E-state index contributed by atoms with van der Waals surface area (Å²) in [4.78, 5) is 14.4. The molecule has 0 bridgehead atoms. The Balaban J connectivity index is 2.29. The van der Waals surface area contributed by atoms with Gasteiger partial charge in [-0.1, -0.05) is 12.1 Å². The molecule has 21 heavy (non-hydrogen) atoms. The van der Waals surface area contributed by atoms with E-state index in [2.05, 4.69) is 0 Å². The topological polar surface area (TPSA) is 35.5 Å². The Kier molecular flexibility index (Phi) is 4.81. The highest BCUT2D eigenvalue weighted by atomic mass is 32.1. The highest BCUT2D eigenvalue weighted by Gasteiger charge is 2.10. The van der Waals surface area contributed by atoms with Crippen LogP contribution in [0, 0.1) is 13.8 Å². The number of methoxy groups -OCH3 is 2. The standard InChI is InChI=1S/C17H18O3S/c1-11-10-14(12(2)21-11)15(18)9-8-13-6-5-7-16(19-3)17(13)20-4/h5-10H,1-4H3/b9-8+. The summed E-state index contributed by atoms with van der Waals surface area (Å²) in [5, 5.41) is 0. The lowest BCUT2D eigenvalue weighted by Crippen LogP contribution is -1.95. The van der Waals surface area contributed by atoms with Crippen LogP contribution < -0.4 is 9.47 Å². The first-order valence-electron chi connectivity index (χ1n) is 6.57. The molecule has 2 aromatic rings. The third kappa shape index (κ3) is 3.34. The molecule has 0 aliphatic heterocycles. The minimum Gasteiger partial charge on any atom is -0.493 e. The van der Waals surface area contributed by atoms with Gasteiger partial charge in [0.05, 0.1) is 14.2 Å². The van der Waals surface area contributed by atoms with E-state index in [-0.39, 0.29) is 5.78 Å². The number of allylic oxidation sites excluding steroid dienone is 1. The third-order valence-electron chi connectivity index (χ3n) is 3.15. The van der Waals surface area contributed by atoms with E-state index in [1.54, 1.807) is 37.7 Å². The van der Waals surface area contributed by atoms with E-state index < -0.39 is 0 Å². The zero-order valence-electron chi connectivity index (χ0n) is 12.6. The molecule has 0 amide bonds. The number of ether oxygens (including phenoxy) is 2. The maximum absolute atomic E-state index is 12.3. The first kappa shape index (κ1) is 15.3. The van der Waals surface area contributed by atoms with Crippen molar-refractivity contribution in [1.82, 2.24) is 0 Å². The minimum absolute atomic E-state index is 0.00160. The van der Waals surface area contributed by atoms with E-state index in [1.807, 2.05) is 38.1 Å².